The van der Waals surface area contributed by atoms with Gasteiger partial charge in [-0.3, -0.25) is 9.59 Å². The van der Waals surface area contributed by atoms with E-state index in [0.717, 1.165) is 10.0 Å². The number of aryl methyl sites for hydroxylation is 1. The van der Waals surface area contributed by atoms with Gasteiger partial charge in [-0.2, -0.15) is 5.10 Å². The van der Waals surface area contributed by atoms with Gasteiger partial charge in [-0.25, -0.2) is 10.2 Å². The number of carbonyl (C=O) groups excluding carboxylic acids is 3. The molecule has 184 valence electrons. The smallest absolute Gasteiger partial charge is 0.343 e. The lowest BCUT2D eigenvalue weighted by Gasteiger charge is -2.09. The Balaban J connectivity index is 1.42. The van der Waals surface area contributed by atoms with E-state index in [1.165, 1.54) is 6.21 Å². The van der Waals surface area contributed by atoms with Gasteiger partial charge >= 0.3 is 5.97 Å². The predicted molar refractivity (Wildman–Crippen MR) is 146 cm³/mol. The Hall–Kier alpha value is -4.56. The molecule has 0 heterocycles. The molecule has 37 heavy (non-hydrogen) atoms. The van der Waals surface area contributed by atoms with Crippen LogP contribution in [-0.2, 0) is 0 Å². The molecule has 0 bridgehead atoms. The van der Waals surface area contributed by atoms with Crippen LogP contribution in [0.3, 0.4) is 0 Å². The van der Waals surface area contributed by atoms with Gasteiger partial charge in [0.15, 0.2) is 0 Å². The van der Waals surface area contributed by atoms with E-state index >= 15 is 0 Å². The highest BCUT2D eigenvalue weighted by Gasteiger charge is 2.12. The van der Waals surface area contributed by atoms with E-state index in [1.54, 1.807) is 78.9 Å². The summed E-state index contributed by atoms with van der Waals surface area (Å²) in [5.41, 5.74) is 5.69. The van der Waals surface area contributed by atoms with Gasteiger partial charge in [-0.05, 0) is 67.6 Å². The molecule has 0 atom stereocenters. The average Bonchev–Trinajstić information content (AvgIpc) is 2.91. The minimum absolute atomic E-state index is 0.279. The Morgan fingerprint density at radius 1 is 0.784 bits per heavy atom. The molecule has 4 rings (SSSR count). The van der Waals surface area contributed by atoms with Crippen molar-refractivity contribution < 1.29 is 19.1 Å². The molecule has 7 nitrogen and oxygen atoms in total. The average molecular weight is 556 g/mol. The van der Waals surface area contributed by atoms with Gasteiger partial charge in [0.05, 0.1) is 11.8 Å². The van der Waals surface area contributed by atoms with E-state index in [-0.39, 0.29) is 11.7 Å². The first kappa shape index (κ1) is 25.5. The van der Waals surface area contributed by atoms with Crippen LogP contribution in [0.25, 0.3) is 0 Å². The first-order valence-electron chi connectivity index (χ1n) is 11.3. The van der Waals surface area contributed by atoms with Crippen molar-refractivity contribution in [3.05, 3.63) is 129 Å². The molecule has 0 aliphatic heterocycles. The number of anilines is 1. The quantitative estimate of drug-likeness (QED) is 0.126. The molecule has 2 amide bonds. The summed E-state index contributed by atoms with van der Waals surface area (Å²) < 4.78 is 6.30. The third kappa shape index (κ3) is 6.99. The van der Waals surface area contributed by atoms with Crippen molar-refractivity contribution in [2.24, 2.45) is 5.10 Å². The van der Waals surface area contributed by atoms with Crippen LogP contribution in [0, 0.1) is 6.92 Å². The third-order valence-electron chi connectivity index (χ3n) is 5.25. The van der Waals surface area contributed by atoms with Gasteiger partial charge in [0.2, 0.25) is 0 Å². The number of hydrazone groups is 1. The molecule has 0 aliphatic rings. The molecule has 0 saturated heterocycles. The second kappa shape index (κ2) is 11.9. The summed E-state index contributed by atoms with van der Waals surface area (Å²) in [4.78, 5) is 37.6. The van der Waals surface area contributed by atoms with Gasteiger partial charge in [-0.15, -0.1) is 0 Å². The molecule has 0 aromatic heterocycles. The van der Waals surface area contributed by atoms with Crippen LogP contribution in [0.15, 0.2) is 107 Å². The summed E-state index contributed by atoms with van der Waals surface area (Å²) >= 11 is 3.39. The number of amides is 2. The Labute approximate surface area is 222 Å². The van der Waals surface area contributed by atoms with Crippen LogP contribution < -0.4 is 15.5 Å². The zero-order valence-corrected chi connectivity index (χ0v) is 21.4. The second-order valence-corrected chi connectivity index (χ2v) is 8.95. The van der Waals surface area contributed by atoms with Crippen LogP contribution >= 0.6 is 15.9 Å². The molecule has 0 spiro atoms. The molecule has 0 saturated carbocycles. The number of esters is 1. The first-order valence-corrected chi connectivity index (χ1v) is 12.1. The fourth-order valence-corrected chi connectivity index (χ4v) is 3.70. The lowest BCUT2D eigenvalue weighted by Crippen LogP contribution is -2.18. The maximum absolute atomic E-state index is 12.7. The maximum atomic E-state index is 12.7. The van der Waals surface area contributed by atoms with Crippen LogP contribution in [0.1, 0.15) is 42.2 Å². The highest BCUT2D eigenvalue weighted by atomic mass is 79.9. The largest absolute Gasteiger partial charge is 0.422 e. The van der Waals surface area contributed by atoms with Crippen molar-refractivity contribution in [3.8, 4) is 5.75 Å². The van der Waals surface area contributed by atoms with Gasteiger partial charge in [-0.1, -0.05) is 57.9 Å². The molecule has 4 aromatic carbocycles. The van der Waals surface area contributed by atoms with Crippen molar-refractivity contribution in [1.29, 1.82) is 0 Å². The second-order valence-electron chi connectivity index (χ2n) is 8.04. The zero-order valence-electron chi connectivity index (χ0n) is 19.8. The van der Waals surface area contributed by atoms with Crippen molar-refractivity contribution in [2.75, 3.05) is 5.32 Å². The molecule has 4 aromatic rings. The molecule has 0 radical (unpaired) electrons. The number of hydrogen-bond acceptors (Lipinski definition) is 5. The number of benzene rings is 4. The third-order valence-corrected chi connectivity index (χ3v) is 5.74. The van der Waals surface area contributed by atoms with Crippen molar-refractivity contribution >= 4 is 45.6 Å². The summed E-state index contributed by atoms with van der Waals surface area (Å²) in [6.45, 7) is 1.93. The molecule has 0 unspecified atom stereocenters. The van der Waals surface area contributed by atoms with Gasteiger partial charge in [0, 0.05) is 26.9 Å². The van der Waals surface area contributed by atoms with Crippen LogP contribution in [0.4, 0.5) is 5.69 Å². The van der Waals surface area contributed by atoms with E-state index in [1.807, 2.05) is 25.1 Å². The fourth-order valence-electron chi connectivity index (χ4n) is 3.32. The predicted octanol–water partition coefficient (Wildman–Crippen LogP) is 5.99. The number of halogens is 1. The monoisotopic (exact) mass is 555 g/mol. The number of hydrogen-bond donors (Lipinski definition) is 2. The zero-order chi connectivity index (χ0) is 26.2. The normalized spacial score (nSPS) is 10.6. The summed E-state index contributed by atoms with van der Waals surface area (Å²) in [5, 5.41) is 6.80. The molecule has 2 N–H and O–H groups in total. The number of ether oxygens (including phenoxy) is 1. The SMILES string of the molecule is Cc1ccc(C(=O)Oc2ccc(Br)cc2C=NNC(=O)c2cccc(NC(=O)c3ccccc3)c2)cc1. The standard InChI is InChI=1S/C29H22BrN3O4/c1-19-10-12-21(13-11-19)29(36)37-26-15-14-24(30)16-23(26)18-31-33-28(35)22-8-5-9-25(17-22)32-27(34)20-6-3-2-4-7-20/h2-18H,1H3,(H,32,34)(H,33,35). The van der Waals surface area contributed by atoms with Crippen LogP contribution in [0.2, 0.25) is 0 Å². The van der Waals surface area contributed by atoms with Gasteiger partial charge in [0.25, 0.3) is 11.8 Å². The van der Waals surface area contributed by atoms with E-state index in [0.29, 0.717) is 27.9 Å². The Morgan fingerprint density at radius 2 is 1.51 bits per heavy atom. The van der Waals surface area contributed by atoms with Crippen molar-refractivity contribution in [2.45, 2.75) is 6.92 Å². The van der Waals surface area contributed by atoms with E-state index in [4.69, 9.17) is 4.74 Å². The van der Waals surface area contributed by atoms with E-state index < -0.39 is 11.9 Å². The van der Waals surface area contributed by atoms with E-state index in [9.17, 15) is 14.4 Å². The lowest BCUT2D eigenvalue weighted by molar-refractivity contribution is 0.0734. The highest BCUT2D eigenvalue weighted by Crippen LogP contribution is 2.23. The number of rotatable bonds is 7. The van der Waals surface area contributed by atoms with Crippen LogP contribution in [-0.4, -0.2) is 24.0 Å². The van der Waals surface area contributed by atoms with Crippen molar-refractivity contribution in [1.82, 2.24) is 5.43 Å². The summed E-state index contributed by atoms with van der Waals surface area (Å²) in [5.74, 6) is -0.966. The minimum atomic E-state index is -0.504. The summed E-state index contributed by atoms with van der Waals surface area (Å²) in [6, 6.07) is 27.4. The molecule has 0 fully saturated rings. The van der Waals surface area contributed by atoms with Gasteiger partial charge < -0.3 is 10.1 Å². The van der Waals surface area contributed by atoms with Crippen LogP contribution in [0.5, 0.6) is 5.75 Å². The molecular weight excluding hydrogens is 534 g/mol. The number of nitrogens with one attached hydrogen (secondary N) is 2. The lowest BCUT2D eigenvalue weighted by atomic mass is 10.1. The first-order chi connectivity index (χ1) is 17.9. The maximum Gasteiger partial charge on any atom is 0.343 e. The topological polar surface area (TPSA) is 96.9 Å². The van der Waals surface area contributed by atoms with Crippen molar-refractivity contribution in [3.63, 3.8) is 0 Å². The Bertz CT molecular complexity index is 1470. The highest BCUT2D eigenvalue weighted by molar-refractivity contribution is 9.10. The van der Waals surface area contributed by atoms with Gasteiger partial charge in [0.1, 0.15) is 5.75 Å². The Kier molecular flexibility index (Phi) is 8.22. The number of nitrogens with zero attached hydrogens (tertiary/aromatic N) is 1. The molecule has 8 heteroatoms. The fraction of sp³-hybridized carbons (Fsp3) is 0.0345. The summed E-state index contributed by atoms with van der Waals surface area (Å²) in [6.07, 6.45) is 1.39. The molecule has 0 aliphatic carbocycles. The number of carbonyl (C=O) groups is 3. The van der Waals surface area contributed by atoms with E-state index in [2.05, 4.69) is 31.8 Å². The minimum Gasteiger partial charge on any atom is -0.422 e. The molecular formula is C29H22BrN3O4. The Morgan fingerprint density at radius 3 is 2.27 bits per heavy atom. The summed E-state index contributed by atoms with van der Waals surface area (Å²) in [7, 11) is 0.